The van der Waals surface area contributed by atoms with E-state index in [1.165, 1.54) is 5.56 Å². The molecule has 28 heavy (non-hydrogen) atoms. The number of carbonyl (C=O) groups is 1. The van der Waals surface area contributed by atoms with Crippen LogP contribution in [0.5, 0.6) is 5.75 Å². The van der Waals surface area contributed by atoms with Crippen LogP contribution < -0.4 is 10.1 Å². The van der Waals surface area contributed by atoms with Gasteiger partial charge in [-0.2, -0.15) is 0 Å². The number of carbonyl (C=O) groups excluding carboxylic acids is 1. The van der Waals surface area contributed by atoms with Crippen LogP contribution >= 0.6 is 23.2 Å². The lowest BCUT2D eigenvalue weighted by Crippen LogP contribution is -2.29. The number of amides is 1. The van der Waals surface area contributed by atoms with E-state index in [0.717, 1.165) is 11.3 Å². The Hall–Kier alpha value is -1.97. The number of nitrogens with one attached hydrogen (secondary N) is 1. The second-order valence-electron chi connectivity index (χ2n) is 6.81. The van der Waals surface area contributed by atoms with Crippen LogP contribution in [0.2, 0.25) is 10.0 Å². The number of rotatable bonds is 3. The van der Waals surface area contributed by atoms with Crippen molar-refractivity contribution in [1.29, 1.82) is 0 Å². The molecular weight excluding hydrogens is 393 g/mol. The molecular formula is C23H25Cl2NO2. The van der Waals surface area contributed by atoms with Crippen molar-refractivity contribution >= 4 is 29.1 Å². The van der Waals surface area contributed by atoms with Gasteiger partial charge in [0.05, 0.1) is 13.0 Å². The van der Waals surface area contributed by atoms with Crippen LogP contribution in [0.4, 0.5) is 0 Å². The minimum absolute atomic E-state index is 0.0853. The smallest absolute Gasteiger partial charge is 0.227 e. The van der Waals surface area contributed by atoms with Crippen LogP contribution in [0, 0.1) is 11.8 Å². The molecule has 2 aromatic rings. The maximum atomic E-state index is 12.2. The Bertz CT molecular complexity index is 863. The first kappa shape index (κ1) is 20.8. The molecule has 0 bridgehead atoms. The highest BCUT2D eigenvalue weighted by molar-refractivity contribution is 6.35. The van der Waals surface area contributed by atoms with E-state index in [1.807, 2.05) is 44.2 Å². The van der Waals surface area contributed by atoms with E-state index in [0.29, 0.717) is 16.6 Å². The van der Waals surface area contributed by atoms with E-state index in [2.05, 4.69) is 23.5 Å². The lowest BCUT2D eigenvalue weighted by Gasteiger charge is -2.36. The van der Waals surface area contributed by atoms with Gasteiger partial charge in [-0.25, -0.2) is 0 Å². The highest BCUT2D eigenvalue weighted by Crippen LogP contribution is 2.49. The highest BCUT2D eigenvalue weighted by atomic mass is 35.5. The zero-order chi connectivity index (χ0) is 20.3. The van der Waals surface area contributed by atoms with E-state index >= 15 is 0 Å². The predicted molar refractivity (Wildman–Crippen MR) is 115 cm³/mol. The Balaban J connectivity index is 0.00000109. The Labute approximate surface area is 176 Å². The molecule has 2 aromatic carbocycles. The van der Waals surface area contributed by atoms with Crippen LogP contribution in [-0.2, 0) is 4.79 Å². The second-order valence-corrected chi connectivity index (χ2v) is 7.65. The molecule has 1 heterocycles. The SMILES string of the molecule is CC.COc1ccc(C2C(c3ccc(Cl)cc3Cl)C=CC3C(=O)NCC32)cc1. The number of ether oxygens (including phenoxy) is 1. The molecule has 4 atom stereocenters. The summed E-state index contributed by atoms with van der Waals surface area (Å²) >= 11 is 12.6. The van der Waals surface area contributed by atoms with Crippen LogP contribution in [0.3, 0.4) is 0 Å². The molecule has 4 unspecified atom stereocenters. The minimum Gasteiger partial charge on any atom is -0.497 e. The van der Waals surface area contributed by atoms with Gasteiger partial charge >= 0.3 is 0 Å². The summed E-state index contributed by atoms with van der Waals surface area (Å²) in [5, 5.41) is 4.29. The van der Waals surface area contributed by atoms with E-state index < -0.39 is 0 Å². The molecule has 0 spiro atoms. The largest absolute Gasteiger partial charge is 0.497 e. The van der Waals surface area contributed by atoms with Crippen molar-refractivity contribution in [2.45, 2.75) is 25.7 Å². The van der Waals surface area contributed by atoms with Gasteiger partial charge in [0.25, 0.3) is 0 Å². The molecule has 0 saturated carbocycles. The third-order valence-electron chi connectivity index (χ3n) is 5.47. The summed E-state index contributed by atoms with van der Waals surface area (Å²) in [5.41, 5.74) is 2.21. The number of hydrogen-bond donors (Lipinski definition) is 1. The number of allylic oxidation sites excluding steroid dienone is 1. The molecule has 2 aliphatic rings. The average molecular weight is 418 g/mol. The summed E-state index contributed by atoms with van der Waals surface area (Å²) in [4.78, 5) is 12.2. The predicted octanol–water partition coefficient (Wildman–Crippen LogP) is 5.83. The van der Waals surface area contributed by atoms with Crippen molar-refractivity contribution in [3.8, 4) is 5.75 Å². The maximum Gasteiger partial charge on any atom is 0.227 e. The topological polar surface area (TPSA) is 38.3 Å². The van der Waals surface area contributed by atoms with Crippen molar-refractivity contribution in [2.75, 3.05) is 13.7 Å². The molecule has 1 fully saturated rings. The number of hydrogen-bond acceptors (Lipinski definition) is 2. The molecule has 0 radical (unpaired) electrons. The third kappa shape index (κ3) is 3.92. The van der Waals surface area contributed by atoms with E-state index in [1.54, 1.807) is 13.2 Å². The average Bonchev–Trinajstić information content (AvgIpc) is 3.10. The van der Waals surface area contributed by atoms with Crippen molar-refractivity contribution in [1.82, 2.24) is 5.32 Å². The van der Waals surface area contributed by atoms with E-state index in [9.17, 15) is 4.79 Å². The lowest BCUT2D eigenvalue weighted by molar-refractivity contribution is -0.121. The zero-order valence-corrected chi connectivity index (χ0v) is 17.8. The summed E-state index contributed by atoms with van der Waals surface area (Å²) < 4.78 is 5.29. The monoisotopic (exact) mass is 417 g/mol. The van der Waals surface area contributed by atoms with Gasteiger partial charge in [0.2, 0.25) is 5.91 Å². The third-order valence-corrected chi connectivity index (χ3v) is 6.03. The molecule has 5 heteroatoms. The van der Waals surface area contributed by atoms with E-state index in [-0.39, 0.29) is 29.6 Å². The fourth-order valence-electron chi connectivity index (χ4n) is 4.21. The van der Waals surface area contributed by atoms with Gasteiger partial charge in [-0.15, -0.1) is 0 Å². The summed E-state index contributed by atoms with van der Waals surface area (Å²) in [6, 6.07) is 13.7. The summed E-state index contributed by atoms with van der Waals surface area (Å²) in [6.45, 7) is 4.67. The first-order chi connectivity index (χ1) is 13.6. The number of methoxy groups -OCH3 is 1. The molecule has 1 aliphatic heterocycles. The number of benzene rings is 2. The molecule has 1 N–H and O–H groups in total. The van der Waals surface area contributed by atoms with Crippen molar-refractivity contribution < 1.29 is 9.53 Å². The summed E-state index contributed by atoms with van der Waals surface area (Å²) in [7, 11) is 1.66. The van der Waals surface area contributed by atoms with Gasteiger partial charge < -0.3 is 10.1 Å². The quantitative estimate of drug-likeness (QED) is 0.638. The fraction of sp³-hybridized carbons (Fsp3) is 0.348. The van der Waals surface area contributed by atoms with Crippen LogP contribution in [0.1, 0.15) is 36.8 Å². The number of fused-ring (bicyclic) bond motifs is 1. The molecule has 148 valence electrons. The first-order valence-electron chi connectivity index (χ1n) is 9.63. The molecule has 1 aliphatic carbocycles. The van der Waals surface area contributed by atoms with Crippen LogP contribution in [0.15, 0.2) is 54.6 Å². The molecule has 1 saturated heterocycles. The van der Waals surface area contributed by atoms with Gasteiger partial charge in [-0.05, 0) is 47.2 Å². The Kier molecular flexibility index (Phi) is 6.69. The summed E-state index contributed by atoms with van der Waals surface area (Å²) in [5.74, 6) is 1.25. The van der Waals surface area contributed by atoms with Gasteiger partial charge in [-0.3, -0.25) is 4.79 Å². The van der Waals surface area contributed by atoms with Crippen LogP contribution in [-0.4, -0.2) is 19.6 Å². The molecule has 4 rings (SSSR count). The van der Waals surface area contributed by atoms with Crippen molar-refractivity contribution in [3.63, 3.8) is 0 Å². The number of halogens is 2. The molecule has 1 amide bonds. The minimum atomic E-state index is -0.0931. The Morgan fingerprint density at radius 3 is 2.32 bits per heavy atom. The van der Waals surface area contributed by atoms with Crippen molar-refractivity contribution in [3.05, 3.63) is 75.8 Å². The lowest BCUT2D eigenvalue weighted by atomic mass is 9.67. The molecule has 0 aromatic heterocycles. The Morgan fingerprint density at radius 2 is 1.68 bits per heavy atom. The normalized spacial score (nSPS) is 25.4. The van der Waals surface area contributed by atoms with Crippen molar-refractivity contribution in [2.24, 2.45) is 11.8 Å². The molecule has 3 nitrogen and oxygen atoms in total. The standard InChI is InChI=1S/C21H19Cl2NO2.C2H6/c1-26-14-5-2-12(3-6-14)20-16(15-7-4-13(22)10-19(15)23)8-9-17-18(20)11-24-21(17)25;1-2/h2-10,16-18,20H,11H2,1H3,(H,24,25);1-2H3. The van der Waals surface area contributed by atoms with Gasteiger partial charge in [0.1, 0.15) is 5.75 Å². The zero-order valence-electron chi connectivity index (χ0n) is 16.3. The van der Waals surface area contributed by atoms with E-state index in [4.69, 9.17) is 27.9 Å². The van der Waals surface area contributed by atoms with Gasteiger partial charge in [0.15, 0.2) is 0 Å². The summed E-state index contributed by atoms with van der Waals surface area (Å²) in [6.07, 6.45) is 4.15. The first-order valence-corrected chi connectivity index (χ1v) is 10.4. The second kappa shape index (κ2) is 9.02. The van der Waals surface area contributed by atoms with Crippen LogP contribution in [0.25, 0.3) is 0 Å². The fourth-order valence-corrected chi connectivity index (χ4v) is 4.75. The van der Waals surface area contributed by atoms with Gasteiger partial charge in [0, 0.05) is 22.5 Å². The Morgan fingerprint density at radius 1 is 1.00 bits per heavy atom. The highest BCUT2D eigenvalue weighted by Gasteiger charge is 2.44. The van der Waals surface area contributed by atoms with Gasteiger partial charge in [-0.1, -0.05) is 67.4 Å². The maximum absolute atomic E-state index is 12.2.